The minimum absolute atomic E-state index is 0.0400. The number of benzene rings is 1. The number of hydrogen-bond donors (Lipinski definition) is 1. The molecule has 0 saturated carbocycles. The normalized spacial score (nSPS) is 11.0. The van der Waals surface area contributed by atoms with Gasteiger partial charge in [-0.3, -0.25) is 14.6 Å². The highest BCUT2D eigenvalue weighted by Crippen LogP contribution is 2.24. The van der Waals surface area contributed by atoms with Crippen LogP contribution in [-0.4, -0.2) is 24.6 Å². The molecule has 0 aliphatic rings. The molecule has 2 heterocycles. The number of nitrogens with one attached hydrogen (secondary N) is 1. The van der Waals surface area contributed by atoms with Crippen LogP contribution in [0.2, 0.25) is 0 Å². The number of pyridine rings is 1. The van der Waals surface area contributed by atoms with E-state index in [4.69, 9.17) is 4.74 Å². The molecule has 2 aromatic heterocycles. The number of thiophene rings is 1. The van der Waals surface area contributed by atoms with Gasteiger partial charge in [0.25, 0.3) is 0 Å². The molecule has 0 fully saturated rings. The Labute approximate surface area is 159 Å². The van der Waals surface area contributed by atoms with Crippen molar-refractivity contribution in [3.05, 3.63) is 69.6 Å². The van der Waals surface area contributed by atoms with E-state index in [1.807, 2.05) is 41.1 Å². The SMILES string of the molecule is COCC(=O)Nc1ccc2ccc3ncc(-c4ccsc4)cc3c(=O)c2c1. The Balaban J connectivity index is 1.90. The van der Waals surface area contributed by atoms with E-state index in [1.54, 1.807) is 29.7 Å². The molecule has 0 saturated heterocycles. The average Bonchev–Trinajstić information content (AvgIpc) is 3.17. The maximum absolute atomic E-state index is 13.2. The van der Waals surface area contributed by atoms with E-state index < -0.39 is 0 Å². The molecule has 0 atom stereocenters. The van der Waals surface area contributed by atoms with Gasteiger partial charge in [0.2, 0.25) is 5.91 Å². The molecule has 27 heavy (non-hydrogen) atoms. The summed E-state index contributed by atoms with van der Waals surface area (Å²) in [5.74, 6) is -0.268. The van der Waals surface area contributed by atoms with E-state index >= 15 is 0 Å². The van der Waals surface area contributed by atoms with Gasteiger partial charge in [-0.15, -0.1) is 0 Å². The third kappa shape index (κ3) is 3.45. The van der Waals surface area contributed by atoms with Crippen LogP contribution in [0.1, 0.15) is 0 Å². The minimum atomic E-state index is -0.268. The zero-order valence-corrected chi connectivity index (χ0v) is 15.4. The Kier molecular flexibility index (Phi) is 4.66. The van der Waals surface area contributed by atoms with Crippen molar-refractivity contribution in [3.8, 4) is 11.1 Å². The van der Waals surface area contributed by atoms with Gasteiger partial charge in [-0.2, -0.15) is 11.3 Å². The summed E-state index contributed by atoms with van der Waals surface area (Å²) >= 11 is 1.60. The van der Waals surface area contributed by atoms with Gasteiger partial charge >= 0.3 is 0 Å². The number of rotatable bonds is 4. The molecule has 0 unspecified atom stereocenters. The summed E-state index contributed by atoms with van der Waals surface area (Å²) in [6.07, 6.45) is 1.78. The van der Waals surface area contributed by atoms with Gasteiger partial charge in [0, 0.05) is 35.3 Å². The Bertz CT molecular complexity index is 1200. The van der Waals surface area contributed by atoms with Gasteiger partial charge in [-0.05, 0) is 52.0 Å². The molecule has 5 nitrogen and oxygen atoms in total. The Morgan fingerprint density at radius 1 is 1.11 bits per heavy atom. The second-order valence-electron chi connectivity index (χ2n) is 6.11. The first-order valence-corrected chi connectivity index (χ1v) is 9.28. The highest BCUT2D eigenvalue weighted by molar-refractivity contribution is 7.08. The van der Waals surface area contributed by atoms with Crippen LogP contribution >= 0.6 is 11.3 Å². The van der Waals surface area contributed by atoms with Crippen LogP contribution in [0.25, 0.3) is 32.8 Å². The van der Waals surface area contributed by atoms with Crippen molar-refractivity contribution in [3.63, 3.8) is 0 Å². The zero-order chi connectivity index (χ0) is 18.8. The van der Waals surface area contributed by atoms with E-state index in [-0.39, 0.29) is 17.9 Å². The first-order valence-electron chi connectivity index (χ1n) is 8.34. The lowest BCUT2D eigenvalue weighted by Gasteiger charge is -2.04. The van der Waals surface area contributed by atoms with E-state index in [9.17, 15) is 9.59 Å². The van der Waals surface area contributed by atoms with E-state index in [1.165, 1.54) is 7.11 Å². The van der Waals surface area contributed by atoms with Crippen LogP contribution < -0.4 is 10.7 Å². The molecule has 134 valence electrons. The Hall–Kier alpha value is -3.09. The van der Waals surface area contributed by atoms with Crippen molar-refractivity contribution in [1.29, 1.82) is 0 Å². The fourth-order valence-electron chi connectivity index (χ4n) is 2.99. The van der Waals surface area contributed by atoms with Crippen LogP contribution in [-0.2, 0) is 9.53 Å². The van der Waals surface area contributed by atoms with Gasteiger partial charge in [0.1, 0.15) is 6.61 Å². The molecule has 4 rings (SSSR count). The fourth-order valence-corrected chi connectivity index (χ4v) is 3.66. The standard InChI is InChI=1S/C21H16N2O3S/c1-26-11-20(24)23-16-4-2-13-3-5-19-18(21(25)17(13)9-16)8-15(10-22-19)14-6-7-27-12-14/h2-10,12H,11H2,1H3,(H,23,24). The smallest absolute Gasteiger partial charge is 0.250 e. The lowest BCUT2D eigenvalue weighted by Crippen LogP contribution is -2.17. The highest BCUT2D eigenvalue weighted by Gasteiger charge is 2.08. The number of methoxy groups -OCH3 is 1. The largest absolute Gasteiger partial charge is 0.375 e. The molecular formula is C21H16N2O3S. The van der Waals surface area contributed by atoms with Crippen molar-refractivity contribution < 1.29 is 9.53 Å². The van der Waals surface area contributed by atoms with Crippen molar-refractivity contribution >= 4 is 44.6 Å². The van der Waals surface area contributed by atoms with Crippen LogP contribution in [0.5, 0.6) is 0 Å². The number of amides is 1. The lowest BCUT2D eigenvalue weighted by molar-refractivity contribution is -0.119. The summed E-state index contributed by atoms with van der Waals surface area (Å²) in [4.78, 5) is 29.4. The predicted octanol–water partition coefficient (Wildman–Crippen LogP) is 4.06. The molecule has 0 bridgehead atoms. The minimum Gasteiger partial charge on any atom is -0.375 e. The number of anilines is 1. The van der Waals surface area contributed by atoms with Crippen molar-refractivity contribution in [2.75, 3.05) is 19.0 Å². The predicted molar refractivity (Wildman–Crippen MR) is 109 cm³/mol. The highest BCUT2D eigenvalue weighted by atomic mass is 32.1. The monoisotopic (exact) mass is 376 g/mol. The van der Waals surface area contributed by atoms with Gasteiger partial charge in [0.15, 0.2) is 5.43 Å². The molecule has 1 amide bonds. The molecule has 4 aromatic rings. The summed E-state index contributed by atoms with van der Waals surface area (Å²) in [5.41, 5.74) is 3.03. The van der Waals surface area contributed by atoms with Gasteiger partial charge in [0.05, 0.1) is 5.52 Å². The molecule has 2 aromatic carbocycles. The number of aromatic nitrogens is 1. The first kappa shape index (κ1) is 17.3. The van der Waals surface area contributed by atoms with Crippen molar-refractivity contribution in [2.45, 2.75) is 0 Å². The van der Waals surface area contributed by atoms with Crippen molar-refractivity contribution in [2.24, 2.45) is 0 Å². The molecule has 0 aliphatic heterocycles. The molecule has 1 N–H and O–H groups in total. The van der Waals surface area contributed by atoms with Crippen molar-refractivity contribution in [1.82, 2.24) is 4.98 Å². The van der Waals surface area contributed by atoms with E-state index in [0.29, 0.717) is 22.0 Å². The van der Waals surface area contributed by atoms with Gasteiger partial charge in [-0.25, -0.2) is 0 Å². The summed E-state index contributed by atoms with van der Waals surface area (Å²) in [7, 11) is 1.46. The van der Waals surface area contributed by atoms with Gasteiger partial charge < -0.3 is 10.1 Å². The van der Waals surface area contributed by atoms with Crippen LogP contribution in [0.3, 0.4) is 0 Å². The summed E-state index contributed by atoms with van der Waals surface area (Å²) in [5, 5.41) is 8.63. The van der Waals surface area contributed by atoms with Crippen LogP contribution in [0.4, 0.5) is 5.69 Å². The summed E-state index contributed by atoms with van der Waals surface area (Å²) in [6, 6.07) is 12.9. The number of nitrogens with zero attached hydrogens (tertiary/aromatic N) is 1. The fraction of sp³-hybridized carbons (Fsp3) is 0.0952. The second-order valence-corrected chi connectivity index (χ2v) is 6.89. The second kappa shape index (κ2) is 7.26. The topological polar surface area (TPSA) is 68.3 Å². The van der Waals surface area contributed by atoms with E-state index in [0.717, 1.165) is 16.5 Å². The average molecular weight is 376 g/mol. The Morgan fingerprint density at radius 3 is 2.74 bits per heavy atom. The molecule has 0 radical (unpaired) electrons. The lowest BCUT2D eigenvalue weighted by atomic mass is 10.1. The maximum atomic E-state index is 13.2. The Morgan fingerprint density at radius 2 is 1.96 bits per heavy atom. The number of carbonyl (C=O) groups is 1. The summed E-state index contributed by atoms with van der Waals surface area (Å²) in [6.45, 7) is -0.0400. The first-order chi connectivity index (χ1) is 13.2. The molecule has 0 aliphatic carbocycles. The molecule has 6 heteroatoms. The number of carbonyl (C=O) groups excluding carboxylic acids is 1. The van der Waals surface area contributed by atoms with Gasteiger partial charge in [-0.1, -0.05) is 12.1 Å². The van der Waals surface area contributed by atoms with E-state index in [2.05, 4.69) is 10.3 Å². The third-order valence-corrected chi connectivity index (χ3v) is 4.98. The summed E-state index contributed by atoms with van der Waals surface area (Å²) < 4.78 is 4.83. The molecular weight excluding hydrogens is 360 g/mol. The number of hydrogen-bond acceptors (Lipinski definition) is 5. The third-order valence-electron chi connectivity index (χ3n) is 4.30. The van der Waals surface area contributed by atoms with Crippen LogP contribution in [0.15, 0.2) is 64.2 Å². The molecule has 0 spiro atoms. The zero-order valence-electron chi connectivity index (χ0n) is 14.6. The quantitative estimate of drug-likeness (QED) is 0.583. The number of fused-ring (bicyclic) bond motifs is 2. The number of ether oxygens (including phenoxy) is 1. The maximum Gasteiger partial charge on any atom is 0.250 e. The van der Waals surface area contributed by atoms with Crippen LogP contribution in [0, 0.1) is 0 Å².